The smallest absolute Gasteiger partial charge is 0.249 e. The number of aliphatic hydroxyl groups is 1. The number of benzene rings is 2. The van der Waals surface area contributed by atoms with Gasteiger partial charge in [-0.3, -0.25) is 9.59 Å². The van der Waals surface area contributed by atoms with E-state index < -0.39 is 24.6 Å². The Kier molecular flexibility index (Phi) is 8.56. The molecule has 9 heteroatoms. The second kappa shape index (κ2) is 11.6. The Balaban J connectivity index is 1.99. The molecule has 0 radical (unpaired) electrons. The number of alkyl halides is 1. The number of hydrogen-bond donors (Lipinski definition) is 2. The Morgan fingerprint density at radius 1 is 1.25 bits per heavy atom. The summed E-state index contributed by atoms with van der Waals surface area (Å²) in [5.41, 5.74) is 8.64. The number of carbonyl (C=O) groups is 2. The summed E-state index contributed by atoms with van der Waals surface area (Å²) in [6, 6.07) is 12.5. The number of hydrogen-bond acceptors (Lipinski definition) is 6. The summed E-state index contributed by atoms with van der Waals surface area (Å²) in [5.74, 6) is -0.734. The van der Waals surface area contributed by atoms with Gasteiger partial charge < -0.3 is 20.1 Å². The van der Waals surface area contributed by atoms with Crippen molar-refractivity contribution in [1.82, 2.24) is 9.55 Å². The fourth-order valence-electron chi connectivity index (χ4n) is 4.23. The topological polar surface area (TPSA) is 131 Å². The van der Waals surface area contributed by atoms with Crippen LogP contribution < -0.4 is 10.5 Å². The van der Waals surface area contributed by atoms with Gasteiger partial charge in [-0.1, -0.05) is 24.3 Å². The van der Waals surface area contributed by atoms with Crippen molar-refractivity contribution in [3.05, 3.63) is 70.7 Å². The van der Waals surface area contributed by atoms with Crippen molar-refractivity contribution in [2.75, 3.05) is 13.3 Å². The zero-order chi connectivity index (χ0) is 26.4. The van der Waals surface area contributed by atoms with Gasteiger partial charge in [-0.25, -0.2) is 9.37 Å². The normalized spacial score (nSPS) is 12.6. The molecule has 1 aromatic heterocycles. The van der Waals surface area contributed by atoms with Crippen molar-refractivity contribution >= 4 is 11.7 Å². The third-order valence-electron chi connectivity index (χ3n) is 5.94. The number of ether oxygens (including phenoxy) is 1. The fraction of sp³-hybridized carbons (Fsp3) is 0.333. The number of nitrogens with two attached hydrogens (primary N) is 1. The zero-order valence-electron chi connectivity index (χ0n) is 20.5. The van der Waals surface area contributed by atoms with Crippen LogP contribution in [0.1, 0.15) is 63.9 Å². The Labute approximate surface area is 209 Å². The second-order valence-electron chi connectivity index (χ2n) is 8.69. The van der Waals surface area contributed by atoms with Crippen LogP contribution in [0.25, 0.3) is 11.3 Å². The van der Waals surface area contributed by atoms with E-state index in [2.05, 4.69) is 11.1 Å². The molecule has 0 aliphatic carbocycles. The van der Waals surface area contributed by atoms with Crippen LogP contribution in [0.15, 0.2) is 42.6 Å². The number of Topliss-reactive ketones (excluding diaryl/α,β-unsaturated/α-hetero) is 1. The predicted molar refractivity (Wildman–Crippen MR) is 133 cm³/mol. The first kappa shape index (κ1) is 26.6. The molecule has 3 rings (SSSR count). The lowest BCUT2D eigenvalue weighted by Crippen LogP contribution is -2.21. The third-order valence-corrected chi connectivity index (χ3v) is 5.94. The van der Waals surface area contributed by atoms with Gasteiger partial charge in [0.1, 0.15) is 24.6 Å². The van der Waals surface area contributed by atoms with Crippen LogP contribution in [0.3, 0.4) is 0 Å². The summed E-state index contributed by atoms with van der Waals surface area (Å²) in [5, 5.41) is 19.7. The number of carbonyl (C=O) groups excluding carboxylic acids is 2. The van der Waals surface area contributed by atoms with Crippen molar-refractivity contribution in [2.45, 2.75) is 38.7 Å². The highest BCUT2D eigenvalue weighted by Gasteiger charge is 2.26. The molecular weight excluding hydrogens is 463 g/mol. The minimum Gasteiger partial charge on any atom is -0.487 e. The van der Waals surface area contributed by atoms with Crippen molar-refractivity contribution in [3.63, 3.8) is 0 Å². The molecule has 0 saturated carbocycles. The van der Waals surface area contributed by atoms with Crippen LogP contribution in [-0.4, -0.2) is 45.7 Å². The number of aromatic nitrogens is 2. The van der Waals surface area contributed by atoms with Gasteiger partial charge in [0.15, 0.2) is 11.6 Å². The summed E-state index contributed by atoms with van der Waals surface area (Å²) in [4.78, 5) is 28.4. The maximum Gasteiger partial charge on any atom is 0.249 e. The van der Waals surface area contributed by atoms with Gasteiger partial charge in [-0.05, 0) is 48.9 Å². The van der Waals surface area contributed by atoms with E-state index in [-0.39, 0.29) is 35.7 Å². The van der Waals surface area contributed by atoms with Gasteiger partial charge in [-0.2, -0.15) is 5.26 Å². The molecule has 36 heavy (non-hydrogen) atoms. The third kappa shape index (κ3) is 5.78. The molecule has 2 aromatic carbocycles. The van der Waals surface area contributed by atoms with Crippen molar-refractivity contribution in [2.24, 2.45) is 12.8 Å². The molecule has 3 N–H and O–H groups in total. The van der Waals surface area contributed by atoms with Gasteiger partial charge in [0.25, 0.3) is 0 Å². The maximum absolute atomic E-state index is 13.1. The molecule has 1 heterocycles. The van der Waals surface area contributed by atoms with Crippen molar-refractivity contribution < 1.29 is 23.8 Å². The van der Waals surface area contributed by atoms with Crippen LogP contribution in [0.5, 0.6) is 5.75 Å². The van der Waals surface area contributed by atoms with Gasteiger partial charge in [0, 0.05) is 37.9 Å². The summed E-state index contributed by atoms with van der Waals surface area (Å²) in [6.45, 7) is 2.08. The standard InChI is InChI=1S/C27H29FN4O4/c1-16(13-28)36-24-9-8-21(26(30)35)25(22(24)14-29)20(10-11-33)12-18-4-6-19(7-5-18)23-15-32(3)27(31-23)17(2)34/h4-9,15-16,20,33H,10-13H2,1-3H3,(H2,30,35). The lowest BCUT2D eigenvalue weighted by molar-refractivity contribution is 0.0991. The monoisotopic (exact) mass is 492 g/mol. The first-order valence-corrected chi connectivity index (χ1v) is 11.5. The number of nitriles is 1. The first-order valence-electron chi connectivity index (χ1n) is 11.5. The highest BCUT2D eigenvalue weighted by Crippen LogP contribution is 2.35. The Bertz CT molecular complexity index is 1290. The van der Waals surface area contributed by atoms with E-state index in [1.54, 1.807) is 17.8 Å². The Hall–Kier alpha value is -4.03. The van der Waals surface area contributed by atoms with Gasteiger partial charge >= 0.3 is 0 Å². The molecule has 2 unspecified atom stereocenters. The van der Waals surface area contributed by atoms with E-state index in [0.717, 1.165) is 11.1 Å². The molecule has 8 nitrogen and oxygen atoms in total. The van der Waals surface area contributed by atoms with E-state index in [9.17, 15) is 24.3 Å². The molecule has 0 fully saturated rings. The van der Waals surface area contributed by atoms with E-state index in [1.165, 1.54) is 26.0 Å². The summed E-state index contributed by atoms with van der Waals surface area (Å²) >= 11 is 0. The molecule has 3 aromatic rings. The van der Waals surface area contributed by atoms with Gasteiger partial charge in [0.05, 0.1) is 11.3 Å². The first-order chi connectivity index (χ1) is 17.2. The quantitative estimate of drug-likeness (QED) is 0.392. The maximum atomic E-state index is 13.1. The number of imidazole rings is 1. The number of amides is 1. The van der Waals surface area contributed by atoms with Gasteiger partial charge in [-0.15, -0.1) is 0 Å². The minimum absolute atomic E-state index is 0.104. The molecule has 0 spiro atoms. The van der Waals surface area contributed by atoms with E-state index in [4.69, 9.17) is 10.5 Å². The largest absolute Gasteiger partial charge is 0.487 e. The average Bonchev–Trinajstić information content (AvgIpc) is 3.25. The van der Waals surface area contributed by atoms with Crippen LogP contribution in [0.4, 0.5) is 4.39 Å². The SMILES string of the molecule is CC(=O)c1nc(-c2ccc(CC(CCO)c3c(C(N)=O)ccc(OC(C)CF)c3C#N)cc2)cn1C. The lowest BCUT2D eigenvalue weighted by Gasteiger charge is -2.23. The average molecular weight is 493 g/mol. The number of rotatable bonds is 11. The van der Waals surface area contributed by atoms with E-state index in [1.807, 2.05) is 24.3 Å². The minimum atomic E-state index is -0.775. The van der Waals surface area contributed by atoms with E-state index >= 15 is 0 Å². The molecule has 1 amide bonds. The van der Waals surface area contributed by atoms with Gasteiger partial charge in [0.2, 0.25) is 5.91 Å². The molecule has 0 aliphatic heterocycles. The van der Waals surface area contributed by atoms with Crippen molar-refractivity contribution in [1.29, 1.82) is 5.26 Å². The highest BCUT2D eigenvalue weighted by molar-refractivity contribution is 5.95. The molecule has 2 atom stereocenters. The van der Waals surface area contributed by atoms with Crippen LogP contribution >= 0.6 is 0 Å². The molecule has 188 valence electrons. The number of nitrogens with zero attached hydrogens (tertiary/aromatic N) is 3. The summed E-state index contributed by atoms with van der Waals surface area (Å²) in [6.07, 6.45) is 1.67. The molecule has 0 aliphatic rings. The highest BCUT2D eigenvalue weighted by atomic mass is 19.1. The number of halogens is 1. The fourth-order valence-corrected chi connectivity index (χ4v) is 4.23. The molecule has 0 saturated heterocycles. The number of primary amides is 1. The van der Waals surface area contributed by atoms with E-state index in [0.29, 0.717) is 23.5 Å². The molecule has 0 bridgehead atoms. The number of aliphatic hydroxyl groups excluding tert-OH is 1. The van der Waals surface area contributed by atoms with Crippen LogP contribution in [-0.2, 0) is 13.5 Å². The number of ketones is 1. The predicted octanol–water partition coefficient (Wildman–Crippen LogP) is 3.71. The van der Waals surface area contributed by atoms with Crippen LogP contribution in [0.2, 0.25) is 0 Å². The zero-order valence-corrected chi connectivity index (χ0v) is 20.5. The Morgan fingerprint density at radius 3 is 2.47 bits per heavy atom. The lowest BCUT2D eigenvalue weighted by atomic mass is 9.83. The Morgan fingerprint density at radius 2 is 1.94 bits per heavy atom. The van der Waals surface area contributed by atoms with Crippen molar-refractivity contribution in [3.8, 4) is 23.1 Å². The summed E-state index contributed by atoms with van der Waals surface area (Å²) < 4.78 is 20.3. The second-order valence-corrected chi connectivity index (χ2v) is 8.69. The van der Waals surface area contributed by atoms with Crippen LogP contribution in [0, 0.1) is 11.3 Å². The molecular formula is C27H29FN4O4. The summed E-state index contributed by atoms with van der Waals surface area (Å²) in [7, 11) is 1.76. The number of aryl methyl sites for hydroxylation is 1.